The second-order valence-electron chi connectivity index (χ2n) is 6.80. The average molecular weight is 405 g/mol. The molecule has 0 aliphatic carbocycles. The number of ether oxygens (including phenoxy) is 2. The fourth-order valence-electron chi connectivity index (χ4n) is 3.04. The molecule has 0 unspecified atom stereocenters. The van der Waals surface area contributed by atoms with Gasteiger partial charge in [-0.3, -0.25) is 4.79 Å². The summed E-state index contributed by atoms with van der Waals surface area (Å²) in [5.74, 6) is 1.31. The Kier molecular flexibility index (Phi) is 8.15. The molecule has 0 saturated heterocycles. The summed E-state index contributed by atoms with van der Waals surface area (Å²) in [6, 6.07) is 25.4. The Labute approximate surface area is 178 Å². The number of nitrogens with one attached hydrogen (secondary N) is 2. The normalized spacial score (nSPS) is 10.3. The van der Waals surface area contributed by atoms with E-state index in [1.54, 1.807) is 0 Å². The lowest BCUT2D eigenvalue weighted by Gasteiger charge is -2.13. The van der Waals surface area contributed by atoms with Gasteiger partial charge in [0.25, 0.3) is 0 Å². The molecule has 5 heteroatoms. The maximum atomic E-state index is 12.4. The van der Waals surface area contributed by atoms with Crippen LogP contribution in [0.1, 0.15) is 18.9 Å². The molecule has 0 aromatic heterocycles. The molecular formula is C25H28N2O3. The zero-order valence-electron chi connectivity index (χ0n) is 17.3. The molecule has 5 nitrogen and oxygen atoms in total. The van der Waals surface area contributed by atoms with Crippen molar-refractivity contribution in [3.05, 3.63) is 84.4 Å². The number of para-hydroxylation sites is 2. The number of hydrogen-bond acceptors (Lipinski definition) is 4. The van der Waals surface area contributed by atoms with E-state index in [1.807, 2.05) is 73.7 Å². The Balaban J connectivity index is 1.47. The van der Waals surface area contributed by atoms with E-state index in [0.29, 0.717) is 24.7 Å². The van der Waals surface area contributed by atoms with Gasteiger partial charge in [-0.2, -0.15) is 0 Å². The standard InChI is InChI=1S/C25H28N2O3/c1-2-29-22-14-8-13-21(18-22)26-19-25(28)27-23-15-6-7-16-24(23)30-17-9-12-20-10-4-3-5-11-20/h3-8,10-11,13-16,18,26H,2,9,12,17,19H2,1H3,(H,27,28). The van der Waals surface area contributed by atoms with Gasteiger partial charge in [0.15, 0.2) is 0 Å². The van der Waals surface area contributed by atoms with Crippen molar-refractivity contribution in [3.8, 4) is 11.5 Å². The first-order valence-corrected chi connectivity index (χ1v) is 10.3. The molecule has 0 aliphatic rings. The van der Waals surface area contributed by atoms with Gasteiger partial charge in [0.1, 0.15) is 11.5 Å². The summed E-state index contributed by atoms with van der Waals surface area (Å²) in [5, 5.41) is 6.04. The van der Waals surface area contributed by atoms with Gasteiger partial charge in [-0.05, 0) is 49.6 Å². The average Bonchev–Trinajstić information content (AvgIpc) is 2.78. The van der Waals surface area contributed by atoms with Crippen LogP contribution in [0.15, 0.2) is 78.9 Å². The van der Waals surface area contributed by atoms with Crippen LogP contribution in [0.25, 0.3) is 0 Å². The van der Waals surface area contributed by atoms with Crippen LogP contribution in [0.2, 0.25) is 0 Å². The van der Waals surface area contributed by atoms with E-state index in [-0.39, 0.29) is 12.5 Å². The summed E-state index contributed by atoms with van der Waals surface area (Å²) in [6.07, 6.45) is 1.87. The van der Waals surface area contributed by atoms with Crippen molar-refractivity contribution in [1.82, 2.24) is 0 Å². The fourth-order valence-corrected chi connectivity index (χ4v) is 3.04. The molecule has 0 atom stereocenters. The van der Waals surface area contributed by atoms with Crippen LogP contribution in [0.4, 0.5) is 11.4 Å². The van der Waals surface area contributed by atoms with Gasteiger partial charge in [0.05, 0.1) is 25.4 Å². The Hall–Kier alpha value is -3.47. The first-order chi connectivity index (χ1) is 14.7. The molecule has 0 radical (unpaired) electrons. The number of hydrogen-bond donors (Lipinski definition) is 2. The van der Waals surface area contributed by atoms with Crippen LogP contribution < -0.4 is 20.1 Å². The maximum absolute atomic E-state index is 12.4. The number of carbonyl (C=O) groups excluding carboxylic acids is 1. The van der Waals surface area contributed by atoms with Gasteiger partial charge in [0.2, 0.25) is 5.91 Å². The summed E-state index contributed by atoms with van der Waals surface area (Å²) >= 11 is 0. The molecular weight excluding hydrogens is 376 g/mol. The Morgan fingerprint density at radius 3 is 2.53 bits per heavy atom. The van der Waals surface area contributed by atoms with Gasteiger partial charge in [-0.25, -0.2) is 0 Å². The van der Waals surface area contributed by atoms with Crippen molar-refractivity contribution < 1.29 is 14.3 Å². The minimum absolute atomic E-state index is 0.142. The number of benzene rings is 3. The van der Waals surface area contributed by atoms with Gasteiger partial charge >= 0.3 is 0 Å². The molecule has 1 amide bonds. The number of rotatable bonds is 11. The monoisotopic (exact) mass is 404 g/mol. The van der Waals surface area contributed by atoms with Gasteiger partial charge in [0, 0.05) is 11.8 Å². The lowest BCUT2D eigenvalue weighted by atomic mass is 10.1. The minimum atomic E-state index is -0.142. The van der Waals surface area contributed by atoms with Crippen LogP contribution >= 0.6 is 0 Å². The lowest BCUT2D eigenvalue weighted by molar-refractivity contribution is -0.114. The molecule has 0 spiro atoms. The van der Waals surface area contributed by atoms with Crippen molar-refractivity contribution in [2.24, 2.45) is 0 Å². The van der Waals surface area contributed by atoms with E-state index in [4.69, 9.17) is 9.47 Å². The van der Waals surface area contributed by atoms with Crippen LogP contribution in [-0.2, 0) is 11.2 Å². The predicted octanol–water partition coefficient (Wildman–Crippen LogP) is 5.15. The molecule has 0 saturated carbocycles. The number of anilines is 2. The lowest BCUT2D eigenvalue weighted by Crippen LogP contribution is -2.22. The van der Waals surface area contributed by atoms with Crippen molar-refractivity contribution in [2.45, 2.75) is 19.8 Å². The number of aryl methyl sites for hydroxylation is 1. The highest BCUT2D eigenvalue weighted by atomic mass is 16.5. The van der Waals surface area contributed by atoms with E-state index < -0.39 is 0 Å². The van der Waals surface area contributed by atoms with E-state index >= 15 is 0 Å². The van der Waals surface area contributed by atoms with Crippen LogP contribution in [-0.4, -0.2) is 25.7 Å². The molecule has 3 aromatic rings. The largest absolute Gasteiger partial charge is 0.494 e. The van der Waals surface area contributed by atoms with E-state index in [9.17, 15) is 4.79 Å². The highest BCUT2D eigenvalue weighted by molar-refractivity contribution is 5.95. The molecule has 0 bridgehead atoms. The topological polar surface area (TPSA) is 59.6 Å². The smallest absolute Gasteiger partial charge is 0.243 e. The van der Waals surface area contributed by atoms with E-state index in [1.165, 1.54) is 5.56 Å². The molecule has 156 valence electrons. The first kappa shape index (κ1) is 21.2. The number of carbonyl (C=O) groups is 1. The van der Waals surface area contributed by atoms with Crippen molar-refractivity contribution in [2.75, 3.05) is 30.4 Å². The quantitative estimate of drug-likeness (QED) is 0.434. The third kappa shape index (κ3) is 6.85. The summed E-state index contributed by atoms with van der Waals surface area (Å²) in [5.41, 5.74) is 2.80. The summed E-state index contributed by atoms with van der Waals surface area (Å²) in [4.78, 5) is 12.4. The van der Waals surface area contributed by atoms with Crippen molar-refractivity contribution in [1.29, 1.82) is 0 Å². The molecule has 3 rings (SSSR count). The Morgan fingerprint density at radius 2 is 1.70 bits per heavy atom. The Morgan fingerprint density at radius 1 is 0.900 bits per heavy atom. The van der Waals surface area contributed by atoms with Crippen LogP contribution in [0.3, 0.4) is 0 Å². The minimum Gasteiger partial charge on any atom is -0.494 e. The second kappa shape index (κ2) is 11.5. The molecule has 30 heavy (non-hydrogen) atoms. The molecule has 0 aliphatic heterocycles. The van der Waals surface area contributed by atoms with Gasteiger partial charge in [-0.1, -0.05) is 48.5 Å². The van der Waals surface area contributed by atoms with Gasteiger partial charge in [-0.15, -0.1) is 0 Å². The molecule has 3 aromatic carbocycles. The second-order valence-corrected chi connectivity index (χ2v) is 6.80. The summed E-state index contributed by atoms with van der Waals surface area (Å²) < 4.78 is 11.4. The fraction of sp³-hybridized carbons (Fsp3) is 0.240. The highest BCUT2D eigenvalue weighted by Crippen LogP contribution is 2.24. The highest BCUT2D eigenvalue weighted by Gasteiger charge is 2.08. The van der Waals surface area contributed by atoms with Crippen molar-refractivity contribution >= 4 is 17.3 Å². The molecule has 0 fully saturated rings. The van der Waals surface area contributed by atoms with Gasteiger partial charge < -0.3 is 20.1 Å². The first-order valence-electron chi connectivity index (χ1n) is 10.3. The third-order valence-electron chi connectivity index (χ3n) is 4.47. The summed E-state index contributed by atoms with van der Waals surface area (Å²) in [7, 11) is 0. The van der Waals surface area contributed by atoms with E-state index in [0.717, 1.165) is 24.3 Å². The zero-order valence-corrected chi connectivity index (χ0v) is 17.3. The molecule has 0 heterocycles. The van der Waals surface area contributed by atoms with E-state index in [2.05, 4.69) is 22.8 Å². The number of amides is 1. The third-order valence-corrected chi connectivity index (χ3v) is 4.47. The predicted molar refractivity (Wildman–Crippen MR) is 121 cm³/mol. The zero-order chi connectivity index (χ0) is 21.0. The Bertz CT molecular complexity index is 928. The maximum Gasteiger partial charge on any atom is 0.243 e. The van der Waals surface area contributed by atoms with Crippen LogP contribution in [0.5, 0.6) is 11.5 Å². The molecule has 2 N–H and O–H groups in total. The summed E-state index contributed by atoms with van der Waals surface area (Å²) in [6.45, 7) is 3.28. The SMILES string of the molecule is CCOc1cccc(NCC(=O)Nc2ccccc2OCCCc2ccccc2)c1. The van der Waals surface area contributed by atoms with Crippen molar-refractivity contribution in [3.63, 3.8) is 0 Å². The van der Waals surface area contributed by atoms with Crippen LogP contribution in [0, 0.1) is 0 Å².